The van der Waals surface area contributed by atoms with Crippen LogP contribution in [-0.4, -0.2) is 34.5 Å². The molecule has 1 aromatic heterocycles. The van der Waals surface area contributed by atoms with Crippen molar-refractivity contribution < 1.29 is 10.2 Å². The van der Waals surface area contributed by atoms with Crippen LogP contribution in [0, 0.1) is 5.41 Å². The average Bonchev–Trinajstić information content (AvgIpc) is 2.43. The molecule has 2 aromatic rings. The molecule has 3 N–H and O–H groups in total. The summed E-state index contributed by atoms with van der Waals surface area (Å²) in [4.78, 5) is 4.39. The molecule has 0 saturated heterocycles. The van der Waals surface area contributed by atoms with Crippen LogP contribution >= 0.6 is 0 Å². The quantitative estimate of drug-likeness (QED) is 0.782. The number of pyridine rings is 1. The van der Waals surface area contributed by atoms with Crippen molar-refractivity contribution in [3.8, 4) is 0 Å². The number of rotatable bonds is 4. The topological polar surface area (TPSA) is 65.4 Å². The van der Waals surface area contributed by atoms with Gasteiger partial charge in [-0.3, -0.25) is 0 Å². The third kappa shape index (κ3) is 2.17. The van der Waals surface area contributed by atoms with Crippen LogP contribution in [0.2, 0.25) is 0 Å². The summed E-state index contributed by atoms with van der Waals surface area (Å²) in [6, 6.07) is 10.4. The summed E-state index contributed by atoms with van der Waals surface area (Å²) >= 11 is 0. The van der Waals surface area contributed by atoms with E-state index in [0.717, 1.165) is 29.4 Å². The van der Waals surface area contributed by atoms with E-state index < -0.39 is 0 Å². The minimum absolute atomic E-state index is 0.0463. The first kappa shape index (κ1) is 12.4. The van der Waals surface area contributed by atoms with Crippen molar-refractivity contribution in [1.82, 2.24) is 4.98 Å². The van der Waals surface area contributed by atoms with Gasteiger partial charge in [0, 0.05) is 23.0 Å². The van der Waals surface area contributed by atoms with Gasteiger partial charge in [0.25, 0.3) is 0 Å². The molecule has 1 aliphatic rings. The number of anilines is 1. The van der Waals surface area contributed by atoms with Crippen LogP contribution in [0.25, 0.3) is 10.8 Å². The summed E-state index contributed by atoms with van der Waals surface area (Å²) < 4.78 is 0. The van der Waals surface area contributed by atoms with Gasteiger partial charge < -0.3 is 15.5 Å². The molecule has 1 aromatic carbocycles. The molecule has 1 heterocycles. The monoisotopic (exact) mass is 258 g/mol. The van der Waals surface area contributed by atoms with Crippen molar-refractivity contribution in [3.05, 3.63) is 36.5 Å². The van der Waals surface area contributed by atoms with E-state index in [1.165, 1.54) is 0 Å². The highest BCUT2D eigenvalue weighted by atomic mass is 16.3. The third-order valence-corrected chi connectivity index (χ3v) is 4.04. The lowest BCUT2D eigenvalue weighted by atomic mass is 9.66. The highest BCUT2D eigenvalue weighted by molar-refractivity contribution is 5.91. The normalized spacial score (nSPS) is 18.2. The van der Waals surface area contributed by atoms with Crippen LogP contribution < -0.4 is 5.32 Å². The zero-order valence-electron chi connectivity index (χ0n) is 10.7. The largest absolute Gasteiger partial charge is 0.396 e. The molecular formula is C15H18N2O2. The first-order valence-corrected chi connectivity index (χ1v) is 6.58. The van der Waals surface area contributed by atoms with E-state index in [4.69, 9.17) is 0 Å². The summed E-state index contributed by atoms with van der Waals surface area (Å²) in [5, 5.41) is 24.3. The maximum Gasteiger partial charge on any atom is 0.134 e. The lowest BCUT2D eigenvalue weighted by Crippen LogP contribution is -2.49. The van der Waals surface area contributed by atoms with Gasteiger partial charge >= 0.3 is 0 Å². The fraction of sp³-hybridized carbons (Fsp3) is 0.400. The van der Waals surface area contributed by atoms with Crippen LogP contribution in [0.1, 0.15) is 12.8 Å². The SMILES string of the molecule is OCC1(CO)CC(Nc2nccc3ccccc23)C1. The minimum atomic E-state index is -0.303. The number of nitrogens with zero attached hydrogens (tertiary/aromatic N) is 1. The summed E-state index contributed by atoms with van der Waals surface area (Å²) in [5.41, 5.74) is -0.303. The van der Waals surface area contributed by atoms with E-state index in [1.54, 1.807) is 6.20 Å². The molecule has 0 atom stereocenters. The summed E-state index contributed by atoms with van der Waals surface area (Å²) in [6.07, 6.45) is 3.37. The molecule has 19 heavy (non-hydrogen) atoms. The number of hydrogen-bond acceptors (Lipinski definition) is 4. The zero-order chi connectivity index (χ0) is 13.3. The second kappa shape index (κ2) is 4.79. The molecule has 0 radical (unpaired) electrons. The lowest BCUT2D eigenvalue weighted by Gasteiger charge is -2.45. The van der Waals surface area contributed by atoms with Gasteiger partial charge in [-0.2, -0.15) is 0 Å². The molecule has 4 nitrogen and oxygen atoms in total. The standard InChI is InChI=1S/C15H18N2O2/c18-9-15(10-19)7-12(8-15)17-14-13-4-2-1-3-11(13)5-6-16-14/h1-6,12,18-19H,7-10H2,(H,16,17). The molecule has 0 bridgehead atoms. The summed E-state index contributed by atoms with van der Waals surface area (Å²) in [6.45, 7) is 0.0926. The van der Waals surface area contributed by atoms with Crippen LogP contribution in [0.15, 0.2) is 36.5 Å². The molecule has 1 aliphatic carbocycles. The maximum atomic E-state index is 9.29. The molecule has 0 aliphatic heterocycles. The van der Waals surface area contributed by atoms with E-state index in [2.05, 4.69) is 22.4 Å². The smallest absolute Gasteiger partial charge is 0.134 e. The Balaban J connectivity index is 1.77. The average molecular weight is 258 g/mol. The first-order valence-electron chi connectivity index (χ1n) is 6.58. The number of aliphatic hydroxyl groups is 2. The fourth-order valence-corrected chi connectivity index (χ4v) is 2.82. The van der Waals surface area contributed by atoms with Gasteiger partial charge in [0.2, 0.25) is 0 Å². The first-order chi connectivity index (χ1) is 9.26. The van der Waals surface area contributed by atoms with Crippen LogP contribution in [0.3, 0.4) is 0 Å². The van der Waals surface area contributed by atoms with E-state index in [9.17, 15) is 10.2 Å². The number of fused-ring (bicyclic) bond motifs is 1. The predicted molar refractivity (Wildman–Crippen MR) is 75.0 cm³/mol. The molecule has 100 valence electrons. The number of aliphatic hydroxyl groups excluding tert-OH is 2. The Morgan fingerprint density at radius 2 is 1.89 bits per heavy atom. The molecule has 3 rings (SSSR count). The van der Waals surface area contributed by atoms with Crippen LogP contribution in [-0.2, 0) is 0 Å². The minimum Gasteiger partial charge on any atom is -0.396 e. The lowest BCUT2D eigenvalue weighted by molar-refractivity contribution is -0.0172. The molecule has 0 unspecified atom stereocenters. The van der Waals surface area contributed by atoms with Crippen LogP contribution in [0.5, 0.6) is 0 Å². The van der Waals surface area contributed by atoms with Crippen molar-refractivity contribution in [2.75, 3.05) is 18.5 Å². The highest BCUT2D eigenvalue weighted by Gasteiger charge is 2.43. The van der Waals surface area contributed by atoms with Gasteiger partial charge in [0.1, 0.15) is 5.82 Å². The third-order valence-electron chi connectivity index (χ3n) is 4.04. The second-order valence-electron chi connectivity index (χ2n) is 5.45. The zero-order valence-corrected chi connectivity index (χ0v) is 10.7. The van der Waals surface area contributed by atoms with Crippen LogP contribution in [0.4, 0.5) is 5.82 Å². The van der Waals surface area contributed by atoms with Gasteiger partial charge in [-0.05, 0) is 24.3 Å². The van der Waals surface area contributed by atoms with Gasteiger partial charge in [-0.1, -0.05) is 24.3 Å². The van der Waals surface area contributed by atoms with E-state index >= 15 is 0 Å². The number of hydrogen-bond donors (Lipinski definition) is 3. The van der Waals surface area contributed by atoms with Crippen molar-refractivity contribution in [3.63, 3.8) is 0 Å². The maximum absolute atomic E-state index is 9.29. The number of nitrogens with one attached hydrogen (secondary N) is 1. The molecule has 0 spiro atoms. The van der Waals surface area contributed by atoms with Crippen molar-refractivity contribution in [2.24, 2.45) is 5.41 Å². The Morgan fingerprint density at radius 1 is 1.16 bits per heavy atom. The Kier molecular flexibility index (Phi) is 3.12. The highest BCUT2D eigenvalue weighted by Crippen LogP contribution is 2.42. The Bertz CT molecular complexity index is 568. The van der Waals surface area contributed by atoms with Gasteiger partial charge in [0.05, 0.1) is 13.2 Å². The summed E-state index contributed by atoms with van der Waals surface area (Å²) in [7, 11) is 0. The predicted octanol–water partition coefficient (Wildman–Crippen LogP) is 1.78. The fourth-order valence-electron chi connectivity index (χ4n) is 2.82. The molecule has 1 fully saturated rings. The van der Waals surface area contributed by atoms with Gasteiger partial charge in [0.15, 0.2) is 0 Å². The van der Waals surface area contributed by atoms with Crippen molar-refractivity contribution in [2.45, 2.75) is 18.9 Å². The Labute approximate surface area is 112 Å². The number of benzene rings is 1. The van der Waals surface area contributed by atoms with E-state index in [0.29, 0.717) is 0 Å². The van der Waals surface area contributed by atoms with Crippen molar-refractivity contribution in [1.29, 1.82) is 0 Å². The van der Waals surface area contributed by atoms with Gasteiger partial charge in [-0.25, -0.2) is 4.98 Å². The van der Waals surface area contributed by atoms with Crippen molar-refractivity contribution >= 4 is 16.6 Å². The van der Waals surface area contributed by atoms with Gasteiger partial charge in [-0.15, -0.1) is 0 Å². The Morgan fingerprint density at radius 3 is 2.63 bits per heavy atom. The molecule has 0 amide bonds. The molecule has 4 heteroatoms. The molecular weight excluding hydrogens is 240 g/mol. The summed E-state index contributed by atoms with van der Waals surface area (Å²) in [5.74, 6) is 0.882. The number of aromatic nitrogens is 1. The second-order valence-corrected chi connectivity index (χ2v) is 5.45. The van der Waals surface area contributed by atoms with E-state index in [1.807, 2.05) is 18.2 Å². The van der Waals surface area contributed by atoms with E-state index in [-0.39, 0.29) is 24.7 Å². The molecule has 1 saturated carbocycles. The Hall–Kier alpha value is -1.65.